The van der Waals surface area contributed by atoms with Crippen LogP contribution < -0.4 is 14.8 Å². The summed E-state index contributed by atoms with van der Waals surface area (Å²) >= 11 is 0. The SMILES string of the molecule is COc1ccc(CNc2ccc3ccccc3n2)c(OC)c1. The summed E-state index contributed by atoms with van der Waals surface area (Å²) in [6, 6.07) is 17.9. The molecule has 22 heavy (non-hydrogen) atoms. The van der Waals surface area contributed by atoms with E-state index in [9.17, 15) is 0 Å². The molecular weight excluding hydrogens is 276 g/mol. The highest BCUT2D eigenvalue weighted by Gasteiger charge is 2.05. The van der Waals surface area contributed by atoms with Gasteiger partial charge in [-0.25, -0.2) is 4.98 Å². The van der Waals surface area contributed by atoms with Gasteiger partial charge in [0.25, 0.3) is 0 Å². The monoisotopic (exact) mass is 294 g/mol. The largest absolute Gasteiger partial charge is 0.497 e. The summed E-state index contributed by atoms with van der Waals surface area (Å²) in [5.74, 6) is 2.42. The summed E-state index contributed by atoms with van der Waals surface area (Å²) in [5, 5.41) is 4.47. The fourth-order valence-electron chi connectivity index (χ4n) is 2.35. The van der Waals surface area contributed by atoms with Gasteiger partial charge < -0.3 is 14.8 Å². The first-order valence-corrected chi connectivity index (χ1v) is 7.11. The fourth-order valence-corrected chi connectivity index (χ4v) is 2.35. The summed E-state index contributed by atoms with van der Waals surface area (Å²) in [4.78, 5) is 4.60. The molecule has 0 saturated heterocycles. The van der Waals surface area contributed by atoms with Gasteiger partial charge >= 0.3 is 0 Å². The third-order valence-corrected chi connectivity index (χ3v) is 3.55. The van der Waals surface area contributed by atoms with Crippen LogP contribution in [0.3, 0.4) is 0 Å². The van der Waals surface area contributed by atoms with Crippen LogP contribution in [0, 0.1) is 0 Å². The van der Waals surface area contributed by atoms with Gasteiger partial charge in [-0.3, -0.25) is 0 Å². The zero-order valence-corrected chi connectivity index (χ0v) is 12.7. The van der Waals surface area contributed by atoms with Gasteiger partial charge in [0.2, 0.25) is 0 Å². The third-order valence-electron chi connectivity index (χ3n) is 3.55. The summed E-state index contributed by atoms with van der Waals surface area (Å²) in [6.45, 7) is 0.637. The van der Waals surface area contributed by atoms with Gasteiger partial charge in [-0.1, -0.05) is 18.2 Å². The lowest BCUT2D eigenvalue weighted by Crippen LogP contribution is -2.03. The van der Waals surface area contributed by atoms with Crippen molar-refractivity contribution in [3.63, 3.8) is 0 Å². The quantitative estimate of drug-likeness (QED) is 0.776. The van der Waals surface area contributed by atoms with Crippen LogP contribution in [0.5, 0.6) is 11.5 Å². The molecule has 1 aromatic heterocycles. The molecule has 0 atom stereocenters. The molecule has 0 radical (unpaired) electrons. The number of nitrogens with zero attached hydrogens (tertiary/aromatic N) is 1. The fraction of sp³-hybridized carbons (Fsp3) is 0.167. The molecule has 0 unspecified atom stereocenters. The van der Waals surface area contributed by atoms with Crippen molar-refractivity contribution in [1.82, 2.24) is 4.98 Å². The van der Waals surface area contributed by atoms with E-state index in [1.807, 2.05) is 42.5 Å². The van der Waals surface area contributed by atoms with Crippen LogP contribution in [-0.4, -0.2) is 19.2 Å². The Morgan fingerprint density at radius 3 is 2.64 bits per heavy atom. The van der Waals surface area contributed by atoms with Crippen LogP contribution in [0.2, 0.25) is 0 Å². The Bertz CT molecular complexity index is 787. The minimum atomic E-state index is 0.637. The lowest BCUT2D eigenvalue weighted by molar-refractivity contribution is 0.391. The van der Waals surface area contributed by atoms with Gasteiger partial charge in [-0.05, 0) is 30.3 Å². The average molecular weight is 294 g/mol. The maximum atomic E-state index is 5.41. The smallest absolute Gasteiger partial charge is 0.127 e. The van der Waals surface area contributed by atoms with Crippen molar-refractivity contribution < 1.29 is 9.47 Å². The highest BCUT2D eigenvalue weighted by molar-refractivity contribution is 5.80. The van der Waals surface area contributed by atoms with Crippen molar-refractivity contribution in [1.29, 1.82) is 0 Å². The minimum Gasteiger partial charge on any atom is -0.497 e. The molecule has 112 valence electrons. The lowest BCUT2D eigenvalue weighted by atomic mass is 10.2. The van der Waals surface area contributed by atoms with Gasteiger partial charge in [0.1, 0.15) is 17.3 Å². The molecule has 0 aliphatic carbocycles. The first-order chi connectivity index (χ1) is 10.8. The molecule has 0 saturated carbocycles. The second kappa shape index (κ2) is 6.35. The maximum Gasteiger partial charge on any atom is 0.127 e. The van der Waals surface area contributed by atoms with E-state index in [4.69, 9.17) is 9.47 Å². The van der Waals surface area contributed by atoms with Crippen molar-refractivity contribution in [2.75, 3.05) is 19.5 Å². The van der Waals surface area contributed by atoms with Crippen molar-refractivity contribution in [2.45, 2.75) is 6.54 Å². The van der Waals surface area contributed by atoms with Gasteiger partial charge in [-0.15, -0.1) is 0 Å². The number of benzene rings is 2. The van der Waals surface area contributed by atoms with Crippen molar-refractivity contribution >= 4 is 16.7 Å². The molecule has 0 bridgehead atoms. The number of ether oxygens (including phenoxy) is 2. The molecule has 0 fully saturated rings. The zero-order chi connectivity index (χ0) is 15.4. The molecule has 0 aliphatic rings. The van der Waals surface area contributed by atoms with Crippen molar-refractivity contribution in [2.24, 2.45) is 0 Å². The summed E-state index contributed by atoms with van der Waals surface area (Å²) in [6.07, 6.45) is 0. The number of nitrogens with one attached hydrogen (secondary N) is 1. The molecule has 0 amide bonds. The molecule has 3 rings (SSSR count). The summed E-state index contributed by atoms with van der Waals surface area (Å²) in [7, 11) is 3.30. The predicted octanol–water partition coefficient (Wildman–Crippen LogP) is 3.86. The number of aromatic nitrogens is 1. The molecule has 1 heterocycles. The first-order valence-electron chi connectivity index (χ1n) is 7.11. The third kappa shape index (κ3) is 2.96. The number of hydrogen-bond donors (Lipinski definition) is 1. The van der Waals surface area contributed by atoms with Crippen LogP contribution in [0.15, 0.2) is 54.6 Å². The molecule has 2 aromatic carbocycles. The number of hydrogen-bond acceptors (Lipinski definition) is 4. The molecule has 0 spiro atoms. The maximum absolute atomic E-state index is 5.41. The second-order valence-corrected chi connectivity index (χ2v) is 4.92. The van der Waals surface area contributed by atoms with Crippen molar-refractivity contribution in [3.8, 4) is 11.5 Å². The van der Waals surface area contributed by atoms with Crippen molar-refractivity contribution in [3.05, 3.63) is 60.2 Å². The summed E-state index contributed by atoms with van der Waals surface area (Å²) < 4.78 is 10.6. The number of para-hydroxylation sites is 1. The zero-order valence-electron chi connectivity index (χ0n) is 12.7. The van der Waals surface area contributed by atoms with E-state index in [-0.39, 0.29) is 0 Å². The van der Waals surface area contributed by atoms with E-state index in [0.29, 0.717) is 6.54 Å². The van der Waals surface area contributed by atoms with E-state index < -0.39 is 0 Å². The molecule has 4 heteroatoms. The van der Waals surface area contributed by atoms with Gasteiger partial charge in [0, 0.05) is 23.6 Å². The first kappa shape index (κ1) is 14.2. The number of anilines is 1. The van der Waals surface area contributed by atoms with Crippen LogP contribution in [0.1, 0.15) is 5.56 Å². The highest BCUT2D eigenvalue weighted by Crippen LogP contribution is 2.25. The Kier molecular flexibility index (Phi) is 4.10. The molecular formula is C18H18N2O2. The van der Waals surface area contributed by atoms with Crippen LogP contribution in [-0.2, 0) is 6.54 Å². The number of methoxy groups -OCH3 is 2. The van der Waals surface area contributed by atoms with Gasteiger partial charge in [0.05, 0.1) is 19.7 Å². The Balaban J connectivity index is 1.78. The molecule has 3 aromatic rings. The Labute approximate surface area is 129 Å². The van der Waals surface area contributed by atoms with E-state index >= 15 is 0 Å². The Morgan fingerprint density at radius 2 is 1.82 bits per heavy atom. The predicted molar refractivity (Wildman–Crippen MR) is 88.6 cm³/mol. The Morgan fingerprint density at radius 1 is 0.955 bits per heavy atom. The summed E-state index contributed by atoms with van der Waals surface area (Å²) in [5.41, 5.74) is 2.03. The second-order valence-electron chi connectivity index (χ2n) is 4.92. The van der Waals surface area contributed by atoms with E-state index in [2.05, 4.69) is 22.4 Å². The van der Waals surface area contributed by atoms with Gasteiger partial charge in [0.15, 0.2) is 0 Å². The molecule has 1 N–H and O–H groups in total. The lowest BCUT2D eigenvalue weighted by Gasteiger charge is -2.12. The standard InChI is InChI=1S/C18H18N2O2/c1-21-15-9-7-14(17(11-15)22-2)12-19-18-10-8-13-5-3-4-6-16(13)20-18/h3-11H,12H2,1-2H3,(H,19,20). The van der Waals surface area contributed by atoms with E-state index in [1.54, 1.807) is 14.2 Å². The normalized spacial score (nSPS) is 10.5. The van der Waals surface area contributed by atoms with Crippen LogP contribution >= 0.6 is 0 Å². The number of fused-ring (bicyclic) bond motifs is 1. The Hall–Kier alpha value is -2.75. The highest BCUT2D eigenvalue weighted by atomic mass is 16.5. The van der Waals surface area contributed by atoms with E-state index in [1.165, 1.54) is 0 Å². The van der Waals surface area contributed by atoms with Gasteiger partial charge in [-0.2, -0.15) is 0 Å². The van der Waals surface area contributed by atoms with Crippen LogP contribution in [0.25, 0.3) is 10.9 Å². The molecule has 4 nitrogen and oxygen atoms in total. The van der Waals surface area contributed by atoms with Crippen LogP contribution in [0.4, 0.5) is 5.82 Å². The number of pyridine rings is 1. The van der Waals surface area contributed by atoms with E-state index in [0.717, 1.165) is 33.8 Å². The topological polar surface area (TPSA) is 43.4 Å². The molecule has 0 aliphatic heterocycles. The average Bonchev–Trinajstić information content (AvgIpc) is 2.59. The minimum absolute atomic E-state index is 0.637. The number of rotatable bonds is 5.